The van der Waals surface area contributed by atoms with E-state index in [1.165, 1.54) is 23.3 Å². The lowest BCUT2D eigenvalue weighted by molar-refractivity contribution is -0.159. The monoisotopic (exact) mass is 354 g/mol. The van der Waals surface area contributed by atoms with Crippen molar-refractivity contribution in [3.63, 3.8) is 0 Å². The molecule has 7 nitrogen and oxygen atoms in total. The number of rotatable bonds is 6. The maximum absolute atomic E-state index is 12.6. The molecule has 1 aromatic rings. The molecule has 1 aliphatic heterocycles. The molecule has 2 atom stereocenters. The summed E-state index contributed by atoms with van der Waals surface area (Å²) in [7, 11) is 1.45. The first kappa shape index (κ1) is 18.4. The topological polar surface area (TPSA) is 95.9 Å². The van der Waals surface area contributed by atoms with Gasteiger partial charge in [-0.15, -0.1) is 11.3 Å². The van der Waals surface area contributed by atoms with Crippen LogP contribution in [0.3, 0.4) is 0 Å². The standard InChI is InChI=1S/C16H22N2O5S/c1-11(17-13(19)12-5-3-8-24-12)14(20)18-7-4-6-16(9-18,10-23-2)15(21)22/h3,5,8,11H,4,6-7,9-10H2,1-2H3,(H,17,19)(H,21,22). The third-order valence-corrected chi connectivity index (χ3v) is 5.09. The van der Waals surface area contributed by atoms with Gasteiger partial charge in [0.1, 0.15) is 11.5 Å². The minimum Gasteiger partial charge on any atom is -0.481 e. The molecule has 1 aromatic heterocycles. The van der Waals surface area contributed by atoms with E-state index >= 15 is 0 Å². The molecule has 0 saturated carbocycles. The highest BCUT2D eigenvalue weighted by molar-refractivity contribution is 7.12. The Morgan fingerprint density at radius 1 is 1.50 bits per heavy atom. The van der Waals surface area contributed by atoms with E-state index in [1.807, 2.05) is 0 Å². The van der Waals surface area contributed by atoms with Gasteiger partial charge in [-0.2, -0.15) is 0 Å². The van der Waals surface area contributed by atoms with E-state index < -0.39 is 17.4 Å². The Bertz CT molecular complexity index is 600. The van der Waals surface area contributed by atoms with Gasteiger partial charge in [0.05, 0.1) is 11.5 Å². The molecule has 132 valence electrons. The third kappa shape index (κ3) is 3.93. The summed E-state index contributed by atoms with van der Waals surface area (Å²) in [6, 6.07) is 2.74. The Labute approximate surface area is 144 Å². The maximum atomic E-state index is 12.6. The molecule has 2 heterocycles. The van der Waals surface area contributed by atoms with E-state index in [0.29, 0.717) is 24.3 Å². The second-order valence-corrected chi connectivity index (χ2v) is 7.00. The van der Waals surface area contributed by atoms with Crippen molar-refractivity contribution in [3.8, 4) is 0 Å². The second kappa shape index (κ2) is 7.76. The predicted octanol–water partition coefficient (Wildman–Crippen LogP) is 1.21. The Hall–Kier alpha value is -1.93. The van der Waals surface area contributed by atoms with Gasteiger partial charge in [0, 0.05) is 20.2 Å². The Morgan fingerprint density at radius 2 is 2.25 bits per heavy atom. The fourth-order valence-corrected chi connectivity index (χ4v) is 3.59. The number of hydrogen-bond acceptors (Lipinski definition) is 5. The number of carbonyl (C=O) groups is 3. The number of nitrogens with one attached hydrogen (secondary N) is 1. The fraction of sp³-hybridized carbons (Fsp3) is 0.562. The largest absolute Gasteiger partial charge is 0.481 e. The molecule has 24 heavy (non-hydrogen) atoms. The molecule has 0 bridgehead atoms. The van der Waals surface area contributed by atoms with Crippen molar-refractivity contribution in [1.29, 1.82) is 0 Å². The maximum Gasteiger partial charge on any atom is 0.313 e. The van der Waals surface area contributed by atoms with Crippen LogP contribution in [0, 0.1) is 5.41 Å². The van der Waals surface area contributed by atoms with Gasteiger partial charge >= 0.3 is 5.97 Å². The summed E-state index contributed by atoms with van der Waals surface area (Å²) in [5.41, 5.74) is -1.08. The number of aliphatic carboxylic acids is 1. The molecule has 0 radical (unpaired) electrons. The summed E-state index contributed by atoms with van der Waals surface area (Å²) >= 11 is 1.30. The first-order chi connectivity index (χ1) is 11.4. The molecule has 8 heteroatoms. The fourth-order valence-electron chi connectivity index (χ4n) is 2.96. The SMILES string of the molecule is COCC1(C(=O)O)CCCN(C(=O)C(C)NC(=O)c2cccs2)C1. The van der Waals surface area contributed by atoms with Crippen molar-refractivity contribution in [3.05, 3.63) is 22.4 Å². The average molecular weight is 354 g/mol. The number of likely N-dealkylation sites (tertiary alicyclic amines) is 1. The lowest BCUT2D eigenvalue weighted by Gasteiger charge is -2.40. The van der Waals surface area contributed by atoms with Crippen LogP contribution in [0.4, 0.5) is 0 Å². The van der Waals surface area contributed by atoms with E-state index in [9.17, 15) is 19.5 Å². The first-order valence-electron chi connectivity index (χ1n) is 7.75. The number of thiophene rings is 1. The van der Waals surface area contributed by atoms with E-state index in [1.54, 1.807) is 24.4 Å². The molecule has 0 aliphatic carbocycles. The molecule has 1 fully saturated rings. The normalized spacial score (nSPS) is 22.0. The number of carbonyl (C=O) groups excluding carboxylic acids is 2. The lowest BCUT2D eigenvalue weighted by atomic mass is 9.80. The number of amides is 2. The molecule has 0 spiro atoms. The van der Waals surface area contributed by atoms with Crippen molar-refractivity contribution in [2.45, 2.75) is 25.8 Å². The average Bonchev–Trinajstić information content (AvgIpc) is 3.09. The number of nitrogens with zero attached hydrogens (tertiary/aromatic N) is 1. The molecule has 2 unspecified atom stereocenters. The van der Waals surface area contributed by atoms with Gasteiger partial charge in [0.2, 0.25) is 5.91 Å². The summed E-state index contributed by atoms with van der Waals surface area (Å²) in [6.45, 7) is 2.24. The number of carboxylic acid groups (broad SMARTS) is 1. The number of piperidine rings is 1. The van der Waals surface area contributed by atoms with Crippen molar-refractivity contribution in [2.24, 2.45) is 5.41 Å². The summed E-state index contributed by atoms with van der Waals surface area (Å²) in [4.78, 5) is 38.4. The Morgan fingerprint density at radius 3 is 2.83 bits per heavy atom. The highest BCUT2D eigenvalue weighted by Gasteiger charge is 2.44. The van der Waals surface area contributed by atoms with Gasteiger partial charge in [-0.05, 0) is 31.2 Å². The highest BCUT2D eigenvalue weighted by Crippen LogP contribution is 2.31. The van der Waals surface area contributed by atoms with Crippen LogP contribution in [0.15, 0.2) is 17.5 Å². The van der Waals surface area contributed by atoms with E-state index in [2.05, 4.69) is 5.32 Å². The van der Waals surface area contributed by atoms with E-state index in [4.69, 9.17) is 4.74 Å². The number of methoxy groups -OCH3 is 1. The van der Waals surface area contributed by atoms with Crippen LogP contribution in [-0.4, -0.2) is 60.6 Å². The van der Waals surface area contributed by atoms with Gasteiger partial charge < -0.3 is 20.1 Å². The van der Waals surface area contributed by atoms with Crippen molar-refractivity contribution >= 4 is 29.1 Å². The second-order valence-electron chi connectivity index (χ2n) is 6.05. The van der Waals surface area contributed by atoms with Gasteiger partial charge in [0.15, 0.2) is 0 Å². The molecule has 2 N–H and O–H groups in total. The van der Waals surface area contributed by atoms with Gasteiger partial charge in [0.25, 0.3) is 5.91 Å². The van der Waals surface area contributed by atoms with Gasteiger partial charge in [-0.25, -0.2) is 0 Å². The molecular formula is C16H22N2O5S. The molecule has 0 aromatic carbocycles. The summed E-state index contributed by atoms with van der Waals surface area (Å²) in [5.74, 6) is -1.54. The number of ether oxygens (including phenoxy) is 1. The number of carboxylic acids is 1. The highest BCUT2D eigenvalue weighted by atomic mass is 32.1. The first-order valence-corrected chi connectivity index (χ1v) is 8.63. The summed E-state index contributed by atoms with van der Waals surface area (Å²) in [5, 5.41) is 14.0. The molecule has 1 aliphatic rings. The molecular weight excluding hydrogens is 332 g/mol. The van der Waals surface area contributed by atoms with Crippen LogP contribution < -0.4 is 5.32 Å². The predicted molar refractivity (Wildman–Crippen MR) is 89.0 cm³/mol. The van der Waals surface area contributed by atoms with Crippen LogP contribution >= 0.6 is 11.3 Å². The van der Waals surface area contributed by atoms with Crippen molar-refractivity contribution < 1.29 is 24.2 Å². The van der Waals surface area contributed by atoms with Crippen molar-refractivity contribution in [1.82, 2.24) is 10.2 Å². The third-order valence-electron chi connectivity index (χ3n) is 4.23. The van der Waals surface area contributed by atoms with Gasteiger partial charge in [-0.3, -0.25) is 14.4 Å². The number of hydrogen-bond donors (Lipinski definition) is 2. The van der Waals surface area contributed by atoms with E-state index in [-0.39, 0.29) is 25.0 Å². The summed E-state index contributed by atoms with van der Waals surface area (Å²) < 4.78 is 5.06. The van der Waals surface area contributed by atoms with Crippen LogP contribution in [0.1, 0.15) is 29.4 Å². The van der Waals surface area contributed by atoms with E-state index in [0.717, 1.165) is 0 Å². The molecule has 1 saturated heterocycles. The quantitative estimate of drug-likeness (QED) is 0.800. The van der Waals surface area contributed by atoms with Crippen molar-refractivity contribution in [2.75, 3.05) is 26.8 Å². The Balaban J connectivity index is 2.02. The minimum absolute atomic E-state index is 0.0576. The lowest BCUT2D eigenvalue weighted by Crippen LogP contribution is -2.56. The van der Waals surface area contributed by atoms with Crippen LogP contribution in [0.5, 0.6) is 0 Å². The zero-order chi connectivity index (χ0) is 17.7. The van der Waals surface area contributed by atoms with Crippen LogP contribution in [-0.2, 0) is 14.3 Å². The smallest absolute Gasteiger partial charge is 0.313 e. The zero-order valence-corrected chi connectivity index (χ0v) is 14.6. The Kier molecular flexibility index (Phi) is 5.95. The summed E-state index contributed by atoms with van der Waals surface area (Å²) in [6.07, 6.45) is 1.06. The minimum atomic E-state index is -1.08. The van der Waals surface area contributed by atoms with Crippen LogP contribution in [0.25, 0.3) is 0 Å². The molecule has 2 rings (SSSR count). The van der Waals surface area contributed by atoms with Crippen LogP contribution in [0.2, 0.25) is 0 Å². The molecule has 2 amide bonds. The zero-order valence-electron chi connectivity index (χ0n) is 13.8. The van der Waals surface area contributed by atoms with Gasteiger partial charge in [-0.1, -0.05) is 6.07 Å².